The van der Waals surface area contributed by atoms with Gasteiger partial charge in [-0.2, -0.15) is 0 Å². The van der Waals surface area contributed by atoms with Crippen LogP contribution < -0.4 is 5.32 Å². The second-order valence-electron chi connectivity index (χ2n) is 6.50. The Kier molecular flexibility index (Phi) is 6.44. The number of halogens is 1. The van der Waals surface area contributed by atoms with E-state index in [1.807, 2.05) is 50.2 Å². The van der Waals surface area contributed by atoms with E-state index in [9.17, 15) is 4.79 Å². The summed E-state index contributed by atoms with van der Waals surface area (Å²) in [6, 6.07) is 13.3. The van der Waals surface area contributed by atoms with E-state index in [0.717, 1.165) is 28.8 Å². The van der Waals surface area contributed by atoms with Gasteiger partial charge in [0.25, 0.3) is 5.91 Å². The van der Waals surface area contributed by atoms with E-state index in [1.54, 1.807) is 17.9 Å². The molecule has 1 heterocycles. The Balaban J connectivity index is 2.03. The maximum Gasteiger partial charge on any atom is 0.290 e. The monoisotopic (exact) mass is 398 g/mol. The number of nitrogens with zero attached hydrogens (tertiary/aromatic N) is 3. The SMILES string of the molecule is COCCCNC(=O)c1nc(-c2cccc(Cl)c2)n(-c2cccc(C)c2C)n1. The topological polar surface area (TPSA) is 69.0 Å². The summed E-state index contributed by atoms with van der Waals surface area (Å²) in [5, 5.41) is 7.93. The number of ether oxygens (including phenoxy) is 1. The molecule has 2 aromatic carbocycles. The average molecular weight is 399 g/mol. The third-order valence-electron chi connectivity index (χ3n) is 4.51. The number of carbonyl (C=O) groups excluding carboxylic acids is 1. The molecule has 0 aliphatic carbocycles. The minimum absolute atomic E-state index is 0.119. The minimum Gasteiger partial charge on any atom is -0.385 e. The van der Waals surface area contributed by atoms with Gasteiger partial charge in [0.15, 0.2) is 5.82 Å². The van der Waals surface area contributed by atoms with E-state index in [4.69, 9.17) is 16.3 Å². The van der Waals surface area contributed by atoms with Gasteiger partial charge >= 0.3 is 0 Å². The van der Waals surface area contributed by atoms with E-state index in [1.165, 1.54) is 0 Å². The molecule has 1 amide bonds. The van der Waals surface area contributed by atoms with Crippen molar-refractivity contribution in [3.05, 3.63) is 64.4 Å². The van der Waals surface area contributed by atoms with Gasteiger partial charge in [0.2, 0.25) is 5.82 Å². The first-order chi connectivity index (χ1) is 13.5. The zero-order chi connectivity index (χ0) is 20.1. The van der Waals surface area contributed by atoms with Crippen LogP contribution >= 0.6 is 11.6 Å². The minimum atomic E-state index is -0.316. The molecule has 3 aromatic rings. The van der Waals surface area contributed by atoms with E-state index < -0.39 is 0 Å². The van der Waals surface area contributed by atoms with E-state index in [2.05, 4.69) is 15.4 Å². The molecule has 6 nitrogen and oxygen atoms in total. The van der Waals surface area contributed by atoms with Crippen molar-refractivity contribution in [3.63, 3.8) is 0 Å². The first kappa shape index (κ1) is 20.0. The Labute approximate surface area is 169 Å². The van der Waals surface area contributed by atoms with Crippen LogP contribution in [0.15, 0.2) is 42.5 Å². The van der Waals surface area contributed by atoms with Crippen molar-refractivity contribution in [3.8, 4) is 17.1 Å². The van der Waals surface area contributed by atoms with Crippen molar-refractivity contribution in [2.24, 2.45) is 0 Å². The number of amides is 1. The average Bonchev–Trinajstić information content (AvgIpc) is 3.12. The van der Waals surface area contributed by atoms with Gasteiger partial charge < -0.3 is 10.1 Å². The van der Waals surface area contributed by atoms with E-state index in [-0.39, 0.29) is 11.7 Å². The number of hydrogen-bond donors (Lipinski definition) is 1. The van der Waals surface area contributed by atoms with Gasteiger partial charge in [0.05, 0.1) is 5.69 Å². The summed E-state index contributed by atoms with van der Waals surface area (Å²) in [5.41, 5.74) is 3.87. The summed E-state index contributed by atoms with van der Waals surface area (Å²) < 4.78 is 6.71. The molecule has 0 unspecified atom stereocenters. The van der Waals surface area contributed by atoms with Crippen LogP contribution in [0.1, 0.15) is 28.2 Å². The summed E-state index contributed by atoms with van der Waals surface area (Å²) >= 11 is 6.17. The maximum absolute atomic E-state index is 12.5. The van der Waals surface area contributed by atoms with Crippen LogP contribution in [-0.2, 0) is 4.74 Å². The van der Waals surface area contributed by atoms with Crippen LogP contribution in [-0.4, -0.2) is 40.9 Å². The van der Waals surface area contributed by atoms with Crippen LogP contribution in [0.2, 0.25) is 5.02 Å². The molecule has 0 saturated carbocycles. The van der Waals surface area contributed by atoms with Crippen molar-refractivity contribution in [1.82, 2.24) is 20.1 Å². The second kappa shape index (κ2) is 8.99. The smallest absolute Gasteiger partial charge is 0.290 e. The number of rotatable bonds is 7. The van der Waals surface area contributed by atoms with Gasteiger partial charge in [-0.1, -0.05) is 35.9 Å². The molecule has 146 valence electrons. The molecule has 3 rings (SSSR count). The first-order valence-corrected chi connectivity index (χ1v) is 9.45. The first-order valence-electron chi connectivity index (χ1n) is 9.08. The van der Waals surface area contributed by atoms with Crippen LogP contribution in [0, 0.1) is 13.8 Å². The standard InChI is InChI=1S/C21H23ClN4O2/c1-14-7-4-10-18(15(14)2)26-20(16-8-5-9-17(22)13-16)24-19(25-26)21(27)23-11-6-12-28-3/h4-5,7-10,13H,6,11-12H2,1-3H3,(H,23,27). The van der Waals surface area contributed by atoms with Gasteiger partial charge in [0.1, 0.15) is 0 Å². The van der Waals surface area contributed by atoms with Crippen LogP contribution in [0.3, 0.4) is 0 Å². The molecule has 28 heavy (non-hydrogen) atoms. The predicted molar refractivity (Wildman–Crippen MR) is 110 cm³/mol. The normalized spacial score (nSPS) is 10.9. The molecule has 1 aromatic heterocycles. The maximum atomic E-state index is 12.5. The van der Waals surface area contributed by atoms with Crippen molar-refractivity contribution < 1.29 is 9.53 Å². The quantitative estimate of drug-likeness (QED) is 0.611. The number of hydrogen-bond acceptors (Lipinski definition) is 4. The lowest BCUT2D eigenvalue weighted by molar-refractivity contribution is 0.0938. The Morgan fingerprint density at radius 1 is 1.21 bits per heavy atom. The fourth-order valence-electron chi connectivity index (χ4n) is 2.85. The van der Waals surface area contributed by atoms with Gasteiger partial charge in [0, 0.05) is 30.8 Å². The third kappa shape index (κ3) is 4.40. The second-order valence-corrected chi connectivity index (χ2v) is 6.94. The van der Waals surface area contributed by atoms with E-state index >= 15 is 0 Å². The number of carbonyl (C=O) groups is 1. The van der Waals surface area contributed by atoms with Crippen LogP contribution in [0.4, 0.5) is 0 Å². The zero-order valence-corrected chi connectivity index (χ0v) is 17.0. The van der Waals surface area contributed by atoms with Gasteiger partial charge in [-0.05, 0) is 49.6 Å². The fraction of sp³-hybridized carbons (Fsp3) is 0.286. The summed E-state index contributed by atoms with van der Waals surface area (Å²) in [4.78, 5) is 17.1. The van der Waals surface area contributed by atoms with Gasteiger partial charge in [-0.3, -0.25) is 4.79 Å². The molecule has 0 atom stereocenters. The Morgan fingerprint density at radius 3 is 2.75 bits per heavy atom. The van der Waals surface area contributed by atoms with Gasteiger partial charge in [-0.15, -0.1) is 5.10 Å². The predicted octanol–water partition coefficient (Wildman–Crippen LogP) is 3.97. The Bertz CT molecular complexity index is 984. The summed E-state index contributed by atoms with van der Waals surface area (Å²) in [6.45, 7) is 5.15. The molecule has 0 bridgehead atoms. The molecule has 7 heteroatoms. The fourth-order valence-corrected chi connectivity index (χ4v) is 3.04. The van der Waals surface area contributed by atoms with Crippen LogP contribution in [0.25, 0.3) is 17.1 Å². The Hall–Kier alpha value is -2.70. The van der Waals surface area contributed by atoms with Crippen LogP contribution in [0.5, 0.6) is 0 Å². The molecule has 0 radical (unpaired) electrons. The Morgan fingerprint density at radius 2 is 2.00 bits per heavy atom. The number of aromatic nitrogens is 3. The number of benzene rings is 2. The zero-order valence-electron chi connectivity index (χ0n) is 16.2. The highest BCUT2D eigenvalue weighted by Gasteiger charge is 2.20. The van der Waals surface area contributed by atoms with Crippen molar-refractivity contribution >= 4 is 17.5 Å². The molecule has 0 saturated heterocycles. The van der Waals surface area contributed by atoms with Gasteiger partial charge in [-0.25, -0.2) is 9.67 Å². The highest BCUT2D eigenvalue weighted by Crippen LogP contribution is 2.26. The summed E-state index contributed by atoms with van der Waals surface area (Å²) in [6.07, 6.45) is 0.723. The molecular formula is C21H23ClN4O2. The summed E-state index contributed by atoms with van der Waals surface area (Å²) in [5.74, 6) is 0.370. The lowest BCUT2D eigenvalue weighted by atomic mass is 10.1. The molecule has 0 fully saturated rings. The molecule has 0 aliphatic rings. The number of methoxy groups -OCH3 is 1. The highest BCUT2D eigenvalue weighted by molar-refractivity contribution is 6.30. The third-order valence-corrected chi connectivity index (χ3v) is 4.74. The van der Waals surface area contributed by atoms with E-state index in [0.29, 0.717) is 24.0 Å². The lowest BCUT2D eigenvalue weighted by Crippen LogP contribution is -2.26. The molecule has 0 spiro atoms. The molecule has 1 N–H and O–H groups in total. The largest absolute Gasteiger partial charge is 0.385 e. The lowest BCUT2D eigenvalue weighted by Gasteiger charge is -2.11. The molecular weight excluding hydrogens is 376 g/mol. The van der Waals surface area contributed by atoms with Crippen molar-refractivity contribution in [2.75, 3.05) is 20.3 Å². The van der Waals surface area contributed by atoms with Crippen molar-refractivity contribution in [2.45, 2.75) is 20.3 Å². The summed E-state index contributed by atoms with van der Waals surface area (Å²) in [7, 11) is 1.63. The van der Waals surface area contributed by atoms with Crippen molar-refractivity contribution in [1.29, 1.82) is 0 Å². The number of nitrogens with one attached hydrogen (secondary N) is 1. The number of aryl methyl sites for hydroxylation is 1. The highest BCUT2D eigenvalue weighted by atomic mass is 35.5. The molecule has 0 aliphatic heterocycles.